The van der Waals surface area contributed by atoms with Crippen LogP contribution in [0.1, 0.15) is 46.0 Å². The first kappa shape index (κ1) is 14.9. The summed E-state index contributed by atoms with van der Waals surface area (Å²) in [6, 6.07) is 0. The molecule has 1 N–H and O–H groups in total. The summed E-state index contributed by atoms with van der Waals surface area (Å²) in [5.41, 5.74) is 0. The van der Waals surface area contributed by atoms with Crippen molar-refractivity contribution in [3.05, 3.63) is 0 Å². The zero-order valence-electron chi connectivity index (χ0n) is 11.1. The van der Waals surface area contributed by atoms with Crippen LogP contribution in [0.15, 0.2) is 0 Å². The summed E-state index contributed by atoms with van der Waals surface area (Å²) < 4.78 is 16.7. The van der Waals surface area contributed by atoms with Crippen LogP contribution in [0.3, 0.4) is 0 Å². The van der Waals surface area contributed by atoms with Gasteiger partial charge in [0, 0.05) is 19.6 Å². The lowest BCUT2D eigenvalue weighted by Gasteiger charge is -2.34. The number of unbranched alkanes of at least 4 members (excludes halogenated alkanes) is 2. The molecule has 1 aliphatic heterocycles. The molecule has 0 radical (unpaired) electrons. The predicted octanol–water partition coefficient (Wildman–Crippen LogP) is 2.10. The Morgan fingerprint density at radius 1 is 1.06 bits per heavy atom. The summed E-state index contributed by atoms with van der Waals surface area (Å²) in [6.45, 7) is 6.19. The van der Waals surface area contributed by atoms with Crippen LogP contribution in [0.2, 0.25) is 0 Å². The number of aliphatic hydroxyl groups excluding tert-OH is 1. The maximum atomic E-state index is 9.47. The van der Waals surface area contributed by atoms with Crippen molar-refractivity contribution in [3.63, 3.8) is 0 Å². The molecular weight excluding hydrogens is 220 g/mol. The van der Waals surface area contributed by atoms with Crippen molar-refractivity contribution in [1.29, 1.82) is 0 Å². The fourth-order valence-electron chi connectivity index (χ4n) is 1.82. The Kier molecular flexibility index (Phi) is 7.77. The van der Waals surface area contributed by atoms with E-state index in [-0.39, 0.29) is 12.2 Å². The summed E-state index contributed by atoms with van der Waals surface area (Å²) in [7, 11) is 0. The van der Waals surface area contributed by atoms with E-state index in [1.807, 2.05) is 0 Å². The highest BCUT2D eigenvalue weighted by Crippen LogP contribution is 2.19. The average Bonchev–Trinajstić information content (AvgIpc) is 2.32. The second-order valence-corrected chi connectivity index (χ2v) is 4.55. The molecule has 102 valence electrons. The summed E-state index contributed by atoms with van der Waals surface area (Å²) in [6.07, 6.45) is 4.11. The van der Waals surface area contributed by atoms with E-state index in [2.05, 4.69) is 13.8 Å². The summed E-state index contributed by atoms with van der Waals surface area (Å²) >= 11 is 0. The zero-order valence-corrected chi connectivity index (χ0v) is 11.1. The van der Waals surface area contributed by atoms with Gasteiger partial charge in [0.05, 0.1) is 12.7 Å². The zero-order chi connectivity index (χ0) is 12.5. The first-order valence-corrected chi connectivity index (χ1v) is 6.80. The van der Waals surface area contributed by atoms with Crippen molar-refractivity contribution >= 4 is 0 Å². The molecule has 4 heteroatoms. The smallest absolute Gasteiger partial charge is 0.157 e. The third kappa shape index (κ3) is 5.82. The molecule has 1 unspecified atom stereocenters. The van der Waals surface area contributed by atoms with Gasteiger partial charge in [-0.15, -0.1) is 0 Å². The molecule has 17 heavy (non-hydrogen) atoms. The Bertz CT molecular complexity index is 186. The number of hydrogen-bond acceptors (Lipinski definition) is 4. The highest BCUT2D eigenvalue weighted by Gasteiger charge is 2.31. The normalized spacial score (nSPS) is 29.5. The van der Waals surface area contributed by atoms with E-state index in [0.717, 1.165) is 38.9 Å². The first-order chi connectivity index (χ1) is 8.27. The van der Waals surface area contributed by atoms with E-state index >= 15 is 0 Å². The van der Waals surface area contributed by atoms with Crippen LogP contribution in [0.5, 0.6) is 0 Å². The lowest BCUT2D eigenvalue weighted by atomic mass is 10.1. The van der Waals surface area contributed by atoms with Gasteiger partial charge in [-0.25, -0.2) is 0 Å². The maximum Gasteiger partial charge on any atom is 0.157 e. The van der Waals surface area contributed by atoms with Gasteiger partial charge in [0.25, 0.3) is 0 Å². The Balaban J connectivity index is 2.29. The van der Waals surface area contributed by atoms with Crippen molar-refractivity contribution in [2.45, 2.75) is 64.4 Å². The fourth-order valence-corrected chi connectivity index (χ4v) is 1.82. The van der Waals surface area contributed by atoms with Crippen LogP contribution in [0, 0.1) is 0 Å². The molecule has 0 aromatic heterocycles. The highest BCUT2D eigenvalue weighted by molar-refractivity contribution is 4.76. The number of aliphatic hydroxyl groups is 1. The summed E-state index contributed by atoms with van der Waals surface area (Å²) in [5, 5.41) is 9.47. The second kappa shape index (κ2) is 8.86. The van der Waals surface area contributed by atoms with Crippen LogP contribution >= 0.6 is 0 Å². The molecule has 0 saturated carbocycles. The minimum absolute atomic E-state index is 0.0258. The van der Waals surface area contributed by atoms with Gasteiger partial charge in [-0.1, -0.05) is 26.7 Å². The van der Waals surface area contributed by atoms with Crippen molar-refractivity contribution in [1.82, 2.24) is 0 Å². The predicted molar refractivity (Wildman–Crippen MR) is 65.9 cm³/mol. The van der Waals surface area contributed by atoms with E-state index in [4.69, 9.17) is 14.2 Å². The maximum absolute atomic E-state index is 9.47. The molecule has 0 aliphatic carbocycles. The van der Waals surface area contributed by atoms with Gasteiger partial charge in [0.2, 0.25) is 0 Å². The quantitative estimate of drug-likeness (QED) is 0.666. The average molecular weight is 246 g/mol. The molecule has 1 rings (SSSR count). The van der Waals surface area contributed by atoms with Gasteiger partial charge in [0.15, 0.2) is 6.29 Å². The minimum Gasteiger partial charge on any atom is -0.375 e. The van der Waals surface area contributed by atoms with E-state index in [1.165, 1.54) is 0 Å². The standard InChI is InChI=1S/C13H26O4/c1-3-5-7-15-11-9-13(14)17-10-12(11)16-8-6-4-2/h11-14H,3-10H2,1-2H3/t11?,12-,13+/m1/s1. The molecule has 0 amide bonds. The Morgan fingerprint density at radius 2 is 1.65 bits per heavy atom. The molecule has 4 nitrogen and oxygen atoms in total. The molecular formula is C13H26O4. The molecule has 0 aromatic carbocycles. The molecule has 1 fully saturated rings. The molecule has 3 atom stereocenters. The topological polar surface area (TPSA) is 47.9 Å². The van der Waals surface area contributed by atoms with Crippen LogP contribution in [0.4, 0.5) is 0 Å². The van der Waals surface area contributed by atoms with Gasteiger partial charge in [-0.2, -0.15) is 0 Å². The lowest BCUT2D eigenvalue weighted by Crippen LogP contribution is -2.44. The van der Waals surface area contributed by atoms with Gasteiger partial charge in [0.1, 0.15) is 6.10 Å². The van der Waals surface area contributed by atoms with Crippen molar-refractivity contribution < 1.29 is 19.3 Å². The Labute approximate surface area is 104 Å². The van der Waals surface area contributed by atoms with Crippen LogP contribution < -0.4 is 0 Å². The van der Waals surface area contributed by atoms with Crippen molar-refractivity contribution in [2.24, 2.45) is 0 Å². The summed E-state index contributed by atoms with van der Waals surface area (Å²) in [4.78, 5) is 0. The van der Waals surface area contributed by atoms with Gasteiger partial charge in [-0.3, -0.25) is 0 Å². The monoisotopic (exact) mass is 246 g/mol. The van der Waals surface area contributed by atoms with E-state index in [1.54, 1.807) is 0 Å². The second-order valence-electron chi connectivity index (χ2n) is 4.55. The molecule has 0 aromatic rings. The van der Waals surface area contributed by atoms with Gasteiger partial charge >= 0.3 is 0 Å². The van der Waals surface area contributed by atoms with Crippen LogP contribution in [0.25, 0.3) is 0 Å². The molecule has 1 heterocycles. The number of hydrogen-bond donors (Lipinski definition) is 1. The largest absolute Gasteiger partial charge is 0.375 e. The van der Waals surface area contributed by atoms with Gasteiger partial charge < -0.3 is 19.3 Å². The third-order valence-electron chi connectivity index (χ3n) is 2.96. The van der Waals surface area contributed by atoms with E-state index in [0.29, 0.717) is 13.0 Å². The lowest BCUT2D eigenvalue weighted by molar-refractivity contribution is -0.217. The van der Waals surface area contributed by atoms with Crippen LogP contribution in [-0.2, 0) is 14.2 Å². The molecule has 0 spiro atoms. The van der Waals surface area contributed by atoms with Gasteiger partial charge in [-0.05, 0) is 12.8 Å². The molecule has 0 bridgehead atoms. The van der Waals surface area contributed by atoms with E-state index in [9.17, 15) is 5.11 Å². The number of rotatable bonds is 8. The van der Waals surface area contributed by atoms with Crippen molar-refractivity contribution in [3.8, 4) is 0 Å². The summed E-state index contributed by atoms with van der Waals surface area (Å²) in [5.74, 6) is 0. The minimum atomic E-state index is -0.701. The Hall–Kier alpha value is -0.160. The molecule has 1 saturated heterocycles. The SMILES string of the molecule is CCCCOC1C[C@@H](O)OC[C@H]1OCCCC. The van der Waals surface area contributed by atoms with Crippen molar-refractivity contribution in [2.75, 3.05) is 19.8 Å². The third-order valence-corrected chi connectivity index (χ3v) is 2.96. The Morgan fingerprint density at radius 3 is 2.24 bits per heavy atom. The van der Waals surface area contributed by atoms with E-state index < -0.39 is 6.29 Å². The van der Waals surface area contributed by atoms with Crippen LogP contribution in [-0.4, -0.2) is 43.4 Å². The first-order valence-electron chi connectivity index (χ1n) is 6.80. The number of ether oxygens (including phenoxy) is 3. The molecule has 1 aliphatic rings. The fraction of sp³-hybridized carbons (Fsp3) is 1.00. The highest BCUT2D eigenvalue weighted by atomic mass is 16.6.